The monoisotopic (exact) mass is 350 g/mol. The lowest BCUT2D eigenvalue weighted by atomic mass is 10.1. The maximum atomic E-state index is 12.5. The summed E-state index contributed by atoms with van der Waals surface area (Å²) in [6.07, 6.45) is 1.66. The minimum Gasteiger partial charge on any atom is -0.494 e. The van der Waals surface area contributed by atoms with Crippen LogP contribution in [0.5, 0.6) is 5.75 Å². The Morgan fingerprint density at radius 3 is 2.58 bits per heavy atom. The highest BCUT2D eigenvalue weighted by Gasteiger charge is 2.11. The van der Waals surface area contributed by atoms with E-state index in [1.165, 1.54) is 6.07 Å². The van der Waals surface area contributed by atoms with Crippen LogP contribution in [0.25, 0.3) is 10.9 Å². The Balaban J connectivity index is 1.71. The fraction of sp³-hybridized carbons (Fsp3) is 0.238. The molecule has 1 heterocycles. The molecule has 134 valence electrons. The molecular formula is C21H22N2O3. The second kappa shape index (κ2) is 7.87. The number of hydrogen-bond acceptors (Lipinski definition) is 3. The van der Waals surface area contributed by atoms with Crippen LogP contribution in [0.2, 0.25) is 0 Å². The maximum Gasteiger partial charge on any atom is 0.240 e. The van der Waals surface area contributed by atoms with Crippen LogP contribution in [0, 0.1) is 0 Å². The van der Waals surface area contributed by atoms with Crippen molar-refractivity contribution < 1.29 is 9.53 Å². The summed E-state index contributed by atoms with van der Waals surface area (Å²) >= 11 is 0. The highest BCUT2D eigenvalue weighted by Crippen LogP contribution is 2.18. The van der Waals surface area contributed by atoms with Crippen molar-refractivity contribution >= 4 is 16.8 Å². The average Bonchev–Trinajstić information content (AvgIpc) is 2.65. The molecule has 0 aliphatic rings. The zero-order valence-corrected chi connectivity index (χ0v) is 14.9. The number of carbonyl (C=O) groups excluding carboxylic acids is 1. The molecule has 3 rings (SSSR count). The van der Waals surface area contributed by atoms with E-state index < -0.39 is 0 Å². The van der Waals surface area contributed by atoms with Crippen molar-refractivity contribution in [1.29, 1.82) is 0 Å². The van der Waals surface area contributed by atoms with Gasteiger partial charge in [0.15, 0.2) is 5.43 Å². The standard InChI is InChI=1S/C21H22N2O3/c1-3-26-17-10-8-16(9-11-17)15(2)22-21(25)14-23-13-12-20(24)18-6-4-5-7-19(18)23/h4-13,15H,3,14H2,1-2H3,(H,22,25)/t15-/m0/s1. The van der Waals surface area contributed by atoms with Crippen molar-refractivity contribution in [3.05, 3.63) is 76.6 Å². The van der Waals surface area contributed by atoms with E-state index in [1.54, 1.807) is 16.8 Å². The predicted molar refractivity (Wildman–Crippen MR) is 102 cm³/mol. The van der Waals surface area contributed by atoms with Crippen LogP contribution in [0.15, 0.2) is 65.6 Å². The first-order valence-electron chi connectivity index (χ1n) is 8.69. The van der Waals surface area contributed by atoms with Gasteiger partial charge in [-0.25, -0.2) is 0 Å². The lowest BCUT2D eigenvalue weighted by Gasteiger charge is -2.16. The third kappa shape index (κ3) is 3.94. The summed E-state index contributed by atoms with van der Waals surface area (Å²) in [5, 5.41) is 3.61. The summed E-state index contributed by atoms with van der Waals surface area (Å²) in [5.74, 6) is 0.703. The Kier molecular flexibility index (Phi) is 5.37. The molecule has 0 bridgehead atoms. The van der Waals surface area contributed by atoms with Crippen molar-refractivity contribution in [2.45, 2.75) is 26.4 Å². The van der Waals surface area contributed by atoms with Gasteiger partial charge in [-0.15, -0.1) is 0 Å². The van der Waals surface area contributed by atoms with E-state index in [-0.39, 0.29) is 23.9 Å². The Morgan fingerprint density at radius 1 is 1.12 bits per heavy atom. The molecule has 0 radical (unpaired) electrons. The van der Waals surface area contributed by atoms with Gasteiger partial charge in [0, 0.05) is 17.6 Å². The van der Waals surface area contributed by atoms with Crippen LogP contribution < -0.4 is 15.5 Å². The molecular weight excluding hydrogens is 328 g/mol. The molecule has 0 spiro atoms. The Morgan fingerprint density at radius 2 is 1.85 bits per heavy atom. The van der Waals surface area contributed by atoms with Gasteiger partial charge >= 0.3 is 0 Å². The van der Waals surface area contributed by atoms with Gasteiger partial charge in [-0.1, -0.05) is 24.3 Å². The molecule has 0 unspecified atom stereocenters. The number of nitrogens with one attached hydrogen (secondary N) is 1. The molecule has 0 saturated heterocycles. The fourth-order valence-corrected chi connectivity index (χ4v) is 2.94. The number of para-hydroxylation sites is 1. The summed E-state index contributed by atoms with van der Waals surface area (Å²) in [4.78, 5) is 24.4. The molecule has 5 nitrogen and oxygen atoms in total. The summed E-state index contributed by atoms with van der Waals surface area (Å²) in [6, 6.07) is 16.4. The molecule has 1 N–H and O–H groups in total. The van der Waals surface area contributed by atoms with Gasteiger partial charge in [-0.2, -0.15) is 0 Å². The van der Waals surface area contributed by atoms with E-state index in [0.717, 1.165) is 16.8 Å². The van der Waals surface area contributed by atoms with Crippen LogP contribution in [0.4, 0.5) is 0 Å². The summed E-state index contributed by atoms with van der Waals surface area (Å²) in [6.45, 7) is 4.66. The molecule has 1 amide bonds. The quantitative estimate of drug-likeness (QED) is 0.742. The van der Waals surface area contributed by atoms with Crippen LogP contribution in [0.1, 0.15) is 25.5 Å². The maximum absolute atomic E-state index is 12.5. The number of rotatable bonds is 6. The van der Waals surface area contributed by atoms with Crippen molar-refractivity contribution in [2.24, 2.45) is 0 Å². The number of ether oxygens (including phenoxy) is 1. The van der Waals surface area contributed by atoms with E-state index in [0.29, 0.717) is 12.0 Å². The Bertz CT molecular complexity index is 961. The van der Waals surface area contributed by atoms with Crippen molar-refractivity contribution in [3.8, 4) is 5.75 Å². The Labute approximate surface area is 152 Å². The van der Waals surface area contributed by atoms with Crippen molar-refractivity contribution in [1.82, 2.24) is 9.88 Å². The molecule has 3 aromatic rings. The van der Waals surface area contributed by atoms with Crippen LogP contribution in [-0.2, 0) is 11.3 Å². The number of aromatic nitrogens is 1. The van der Waals surface area contributed by atoms with Crippen molar-refractivity contribution in [2.75, 3.05) is 6.61 Å². The second-order valence-electron chi connectivity index (χ2n) is 6.12. The van der Waals surface area contributed by atoms with Gasteiger partial charge in [0.05, 0.1) is 18.2 Å². The van der Waals surface area contributed by atoms with Gasteiger partial charge < -0.3 is 14.6 Å². The Hall–Kier alpha value is -3.08. The molecule has 26 heavy (non-hydrogen) atoms. The van der Waals surface area contributed by atoms with Gasteiger partial charge in [0.1, 0.15) is 12.3 Å². The molecule has 5 heteroatoms. The predicted octanol–water partition coefficient (Wildman–Crippen LogP) is 3.28. The zero-order chi connectivity index (χ0) is 18.5. The fourth-order valence-electron chi connectivity index (χ4n) is 2.94. The minimum absolute atomic E-state index is 0.0417. The molecule has 2 aromatic carbocycles. The largest absolute Gasteiger partial charge is 0.494 e. The van der Waals surface area contributed by atoms with E-state index in [4.69, 9.17) is 4.74 Å². The second-order valence-corrected chi connectivity index (χ2v) is 6.12. The third-order valence-corrected chi connectivity index (χ3v) is 4.27. The number of benzene rings is 2. The van der Waals surface area contributed by atoms with Crippen LogP contribution in [-0.4, -0.2) is 17.1 Å². The number of hydrogen-bond donors (Lipinski definition) is 1. The minimum atomic E-state index is -0.121. The number of pyridine rings is 1. The number of amides is 1. The van der Waals surface area contributed by atoms with Gasteiger partial charge in [-0.05, 0) is 43.7 Å². The highest BCUT2D eigenvalue weighted by molar-refractivity contribution is 5.82. The zero-order valence-electron chi connectivity index (χ0n) is 14.9. The lowest BCUT2D eigenvalue weighted by Crippen LogP contribution is -2.30. The summed E-state index contributed by atoms with van der Waals surface area (Å²) in [7, 11) is 0. The normalized spacial score (nSPS) is 11.9. The first-order valence-corrected chi connectivity index (χ1v) is 8.69. The van der Waals surface area contributed by atoms with E-state index in [1.807, 2.05) is 56.3 Å². The first-order chi connectivity index (χ1) is 12.6. The van der Waals surface area contributed by atoms with Crippen LogP contribution >= 0.6 is 0 Å². The van der Waals surface area contributed by atoms with E-state index >= 15 is 0 Å². The number of nitrogens with zero attached hydrogens (tertiary/aromatic N) is 1. The molecule has 0 aliphatic carbocycles. The number of fused-ring (bicyclic) bond motifs is 1. The summed E-state index contributed by atoms with van der Waals surface area (Å²) in [5.41, 5.74) is 1.72. The average molecular weight is 350 g/mol. The number of carbonyl (C=O) groups is 1. The van der Waals surface area contributed by atoms with Gasteiger partial charge in [0.2, 0.25) is 5.91 Å². The molecule has 0 fully saturated rings. The van der Waals surface area contributed by atoms with E-state index in [2.05, 4.69) is 5.32 Å². The SMILES string of the molecule is CCOc1ccc([C@H](C)NC(=O)Cn2ccc(=O)c3ccccc32)cc1. The van der Waals surface area contributed by atoms with Gasteiger partial charge in [-0.3, -0.25) is 9.59 Å². The highest BCUT2D eigenvalue weighted by atomic mass is 16.5. The van der Waals surface area contributed by atoms with E-state index in [9.17, 15) is 9.59 Å². The first kappa shape index (κ1) is 17.7. The molecule has 0 saturated carbocycles. The molecule has 1 atom stereocenters. The third-order valence-electron chi connectivity index (χ3n) is 4.27. The smallest absolute Gasteiger partial charge is 0.240 e. The topological polar surface area (TPSA) is 60.3 Å². The van der Waals surface area contributed by atoms with Gasteiger partial charge in [0.25, 0.3) is 0 Å². The molecule has 0 aliphatic heterocycles. The van der Waals surface area contributed by atoms with Crippen molar-refractivity contribution in [3.63, 3.8) is 0 Å². The summed E-state index contributed by atoms with van der Waals surface area (Å²) < 4.78 is 7.22. The molecule has 1 aromatic heterocycles. The lowest BCUT2D eigenvalue weighted by molar-refractivity contribution is -0.122. The van der Waals surface area contributed by atoms with Crippen LogP contribution in [0.3, 0.4) is 0 Å².